The normalized spacial score (nSPS) is 11.4. The standard InChI is InChI=1S/C23H21Cl2O5P/c1-3-28-31(27,29-4-2)20-12-10-19(11-13-20)30-18-8-5-16(6-9-18)23(26)21-15-17(24)7-14-22(21)25/h5-15H,3-4H2,1-2H3. The molecular formula is C23H21Cl2O5P. The van der Waals surface area contributed by atoms with Gasteiger partial charge in [0.15, 0.2) is 5.78 Å². The number of ether oxygens (including phenoxy) is 1. The molecule has 3 aromatic rings. The summed E-state index contributed by atoms with van der Waals surface area (Å²) in [7, 11) is -3.34. The Kier molecular flexibility index (Phi) is 7.93. The molecule has 0 amide bonds. The third kappa shape index (κ3) is 5.76. The van der Waals surface area contributed by atoms with Crippen molar-refractivity contribution < 1.29 is 23.1 Å². The van der Waals surface area contributed by atoms with E-state index in [1.54, 1.807) is 80.6 Å². The first-order valence-corrected chi connectivity index (χ1v) is 11.9. The molecule has 0 fully saturated rings. The molecule has 3 rings (SSSR count). The highest BCUT2D eigenvalue weighted by Gasteiger charge is 2.26. The van der Waals surface area contributed by atoms with Crippen molar-refractivity contribution in [1.82, 2.24) is 0 Å². The molecule has 0 radical (unpaired) electrons. The van der Waals surface area contributed by atoms with E-state index < -0.39 is 7.60 Å². The Hall–Kier alpha value is -2.14. The van der Waals surface area contributed by atoms with Crippen molar-refractivity contribution >= 4 is 41.9 Å². The minimum absolute atomic E-state index is 0.231. The third-order valence-corrected chi connectivity index (χ3v) is 6.97. The van der Waals surface area contributed by atoms with Gasteiger partial charge < -0.3 is 13.8 Å². The number of carbonyl (C=O) groups is 1. The predicted octanol–water partition coefficient (Wildman–Crippen LogP) is 6.91. The summed E-state index contributed by atoms with van der Waals surface area (Å²) in [5, 5.41) is 1.24. The maximum Gasteiger partial charge on any atom is 0.361 e. The largest absolute Gasteiger partial charge is 0.457 e. The molecule has 0 saturated heterocycles. The Balaban J connectivity index is 1.73. The number of carbonyl (C=O) groups excluding carboxylic acids is 1. The van der Waals surface area contributed by atoms with E-state index in [-0.39, 0.29) is 19.0 Å². The molecule has 0 spiro atoms. The number of ketones is 1. The van der Waals surface area contributed by atoms with Crippen LogP contribution in [0.1, 0.15) is 29.8 Å². The summed E-state index contributed by atoms with van der Waals surface area (Å²) in [6.07, 6.45) is 0. The van der Waals surface area contributed by atoms with Gasteiger partial charge in [-0.05, 0) is 80.6 Å². The van der Waals surface area contributed by atoms with E-state index in [0.29, 0.717) is 38.0 Å². The second kappa shape index (κ2) is 10.4. The summed E-state index contributed by atoms with van der Waals surface area (Å²) >= 11 is 12.1. The second-order valence-electron chi connectivity index (χ2n) is 6.41. The first kappa shape index (κ1) is 23.5. The monoisotopic (exact) mass is 478 g/mol. The van der Waals surface area contributed by atoms with Crippen LogP contribution in [0.25, 0.3) is 0 Å². The average Bonchev–Trinajstić information content (AvgIpc) is 2.76. The van der Waals surface area contributed by atoms with Crippen molar-refractivity contribution in [1.29, 1.82) is 0 Å². The van der Waals surface area contributed by atoms with Crippen LogP contribution in [-0.2, 0) is 13.6 Å². The van der Waals surface area contributed by atoms with Gasteiger partial charge in [0, 0.05) is 16.1 Å². The molecular weight excluding hydrogens is 458 g/mol. The lowest BCUT2D eigenvalue weighted by Gasteiger charge is -2.17. The molecule has 0 saturated carbocycles. The molecule has 3 aromatic carbocycles. The molecule has 0 N–H and O–H groups in total. The molecule has 0 aromatic heterocycles. The molecule has 0 aliphatic carbocycles. The second-order valence-corrected chi connectivity index (χ2v) is 9.28. The van der Waals surface area contributed by atoms with Crippen LogP contribution in [-0.4, -0.2) is 19.0 Å². The topological polar surface area (TPSA) is 61.8 Å². The van der Waals surface area contributed by atoms with E-state index in [2.05, 4.69) is 0 Å². The molecule has 0 atom stereocenters. The minimum atomic E-state index is -3.34. The fourth-order valence-corrected chi connectivity index (χ4v) is 4.80. The van der Waals surface area contributed by atoms with Gasteiger partial charge in [-0.25, -0.2) is 0 Å². The van der Waals surface area contributed by atoms with E-state index in [4.69, 9.17) is 37.0 Å². The summed E-state index contributed by atoms with van der Waals surface area (Å²) < 4.78 is 29.3. The van der Waals surface area contributed by atoms with Crippen molar-refractivity contribution in [2.75, 3.05) is 13.2 Å². The van der Waals surface area contributed by atoms with E-state index >= 15 is 0 Å². The number of hydrogen-bond donors (Lipinski definition) is 0. The summed E-state index contributed by atoms with van der Waals surface area (Å²) in [4.78, 5) is 12.7. The molecule has 31 heavy (non-hydrogen) atoms. The van der Waals surface area contributed by atoms with Gasteiger partial charge in [0.05, 0.1) is 23.5 Å². The Morgan fingerprint density at radius 3 is 1.94 bits per heavy atom. The van der Waals surface area contributed by atoms with Gasteiger partial charge in [0.1, 0.15) is 11.5 Å². The van der Waals surface area contributed by atoms with Crippen LogP contribution in [0.5, 0.6) is 11.5 Å². The predicted molar refractivity (Wildman–Crippen MR) is 123 cm³/mol. The Morgan fingerprint density at radius 1 is 0.839 bits per heavy atom. The zero-order valence-electron chi connectivity index (χ0n) is 17.0. The molecule has 0 aliphatic rings. The maximum absolute atomic E-state index is 12.8. The van der Waals surface area contributed by atoms with Crippen molar-refractivity contribution in [3.63, 3.8) is 0 Å². The van der Waals surface area contributed by atoms with Gasteiger partial charge >= 0.3 is 7.60 Å². The van der Waals surface area contributed by atoms with Crippen molar-refractivity contribution in [2.45, 2.75) is 13.8 Å². The molecule has 0 bridgehead atoms. The SMILES string of the molecule is CCOP(=O)(OCC)c1ccc(Oc2ccc(C(=O)c3cc(Cl)ccc3Cl)cc2)cc1. The van der Waals surface area contributed by atoms with Gasteiger partial charge in [-0.1, -0.05) is 23.2 Å². The number of halogens is 2. The molecule has 162 valence electrons. The fraction of sp³-hybridized carbons (Fsp3) is 0.174. The first-order chi connectivity index (χ1) is 14.9. The average molecular weight is 479 g/mol. The van der Waals surface area contributed by atoms with Gasteiger partial charge in [0.25, 0.3) is 0 Å². The smallest absolute Gasteiger partial charge is 0.361 e. The van der Waals surface area contributed by atoms with Gasteiger partial charge in [0.2, 0.25) is 0 Å². The van der Waals surface area contributed by atoms with Gasteiger partial charge in [-0.15, -0.1) is 0 Å². The zero-order chi connectivity index (χ0) is 22.4. The lowest BCUT2D eigenvalue weighted by Crippen LogP contribution is -2.10. The lowest BCUT2D eigenvalue weighted by molar-refractivity contribution is 0.103. The molecule has 5 nitrogen and oxygen atoms in total. The highest BCUT2D eigenvalue weighted by Crippen LogP contribution is 2.47. The number of rotatable bonds is 9. The van der Waals surface area contributed by atoms with Crippen LogP contribution >= 0.6 is 30.8 Å². The highest BCUT2D eigenvalue weighted by molar-refractivity contribution is 7.62. The number of hydrogen-bond acceptors (Lipinski definition) is 5. The minimum Gasteiger partial charge on any atom is -0.457 e. The van der Waals surface area contributed by atoms with Crippen LogP contribution < -0.4 is 10.0 Å². The van der Waals surface area contributed by atoms with Crippen LogP contribution in [0, 0.1) is 0 Å². The first-order valence-electron chi connectivity index (χ1n) is 9.63. The van der Waals surface area contributed by atoms with E-state index in [1.165, 1.54) is 0 Å². The summed E-state index contributed by atoms with van der Waals surface area (Å²) in [5.41, 5.74) is 0.799. The third-order valence-electron chi connectivity index (χ3n) is 4.28. The highest BCUT2D eigenvalue weighted by atomic mass is 35.5. The summed E-state index contributed by atoms with van der Waals surface area (Å²) in [5.74, 6) is 0.852. The Labute approximate surface area is 191 Å². The lowest BCUT2D eigenvalue weighted by atomic mass is 10.0. The maximum atomic E-state index is 12.8. The van der Waals surface area contributed by atoms with Crippen molar-refractivity contribution in [3.05, 3.63) is 87.9 Å². The zero-order valence-corrected chi connectivity index (χ0v) is 19.4. The van der Waals surface area contributed by atoms with Crippen LogP contribution in [0.2, 0.25) is 10.0 Å². The summed E-state index contributed by atoms with van der Waals surface area (Å²) in [6.45, 7) is 4.08. The Bertz CT molecular complexity index is 1090. The summed E-state index contributed by atoms with van der Waals surface area (Å²) in [6, 6.07) is 18.1. The van der Waals surface area contributed by atoms with Crippen LogP contribution in [0.3, 0.4) is 0 Å². The van der Waals surface area contributed by atoms with E-state index in [0.717, 1.165) is 0 Å². The van der Waals surface area contributed by atoms with Crippen molar-refractivity contribution in [3.8, 4) is 11.5 Å². The molecule has 0 aliphatic heterocycles. The molecule has 8 heteroatoms. The Morgan fingerprint density at radius 2 is 1.39 bits per heavy atom. The van der Waals surface area contributed by atoms with E-state index in [9.17, 15) is 9.36 Å². The van der Waals surface area contributed by atoms with Gasteiger partial charge in [-0.2, -0.15) is 0 Å². The molecule has 0 unspecified atom stereocenters. The number of benzene rings is 3. The van der Waals surface area contributed by atoms with Crippen LogP contribution in [0.4, 0.5) is 0 Å². The van der Waals surface area contributed by atoms with Crippen molar-refractivity contribution in [2.24, 2.45) is 0 Å². The molecule has 0 heterocycles. The van der Waals surface area contributed by atoms with Crippen LogP contribution in [0.15, 0.2) is 66.7 Å². The van der Waals surface area contributed by atoms with E-state index in [1.807, 2.05) is 0 Å². The van der Waals surface area contributed by atoms with Gasteiger partial charge in [-0.3, -0.25) is 9.36 Å². The quantitative estimate of drug-likeness (QED) is 0.247. The fourth-order valence-electron chi connectivity index (χ4n) is 2.86.